The number of hydrogen-bond donors (Lipinski definition) is 2. The summed E-state index contributed by atoms with van der Waals surface area (Å²) in [6.07, 6.45) is 2.55. The molecule has 0 spiro atoms. The molecule has 0 aromatic carbocycles. The number of piperidine rings is 1. The van der Waals surface area contributed by atoms with Gasteiger partial charge in [-0.05, 0) is 25.9 Å². The molecule has 1 heterocycles. The molecule has 0 unspecified atom stereocenters. The highest BCUT2D eigenvalue weighted by molar-refractivity contribution is 5.72. The SMILES string of the molecule is CC.CC(=O)NCCOC1CCNCC1.[HH]. The van der Waals surface area contributed by atoms with E-state index in [1.54, 1.807) is 0 Å². The zero-order valence-corrected chi connectivity index (χ0v) is 10.1. The standard InChI is InChI=1S/C9H18N2O2.C2H6.H2/c1-8(12)11-6-7-13-9-2-4-10-5-3-9;1-2;/h9-10H,2-7H2,1H3,(H,11,12);1-2H3;1H. The first-order valence-corrected chi connectivity index (χ1v) is 5.86. The minimum atomic E-state index is 0. The van der Waals surface area contributed by atoms with E-state index in [1.807, 2.05) is 13.8 Å². The second kappa shape index (κ2) is 9.93. The summed E-state index contributed by atoms with van der Waals surface area (Å²) in [7, 11) is 0. The molecule has 0 aromatic rings. The van der Waals surface area contributed by atoms with Crippen LogP contribution in [0.2, 0.25) is 0 Å². The highest BCUT2D eigenvalue weighted by atomic mass is 16.5. The summed E-state index contributed by atoms with van der Waals surface area (Å²) in [5.74, 6) is 0.00825. The Morgan fingerprint density at radius 2 is 2.07 bits per heavy atom. The van der Waals surface area contributed by atoms with Crippen molar-refractivity contribution in [2.75, 3.05) is 26.2 Å². The number of rotatable bonds is 4. The lowest BCUT2D eigenvalue weighted by atomic mass is 10.1. The zero-order valence-electron chi connectivity index (χ0n) is 10.1. The molecule has 0 atom stereocenters. The average molecular weight is 218 g/mol. The van der Waals surface area contributed by atoms with E-state index in [1.165, 1.54) is 6.92 Å². The summed E-state index contributed by atoms with van der Waals surface area (Å²) >= 11 is 0. The van der Waals surface area contributed by atoms with E-state index in [2.05, 4.69) is 10.6 Å². The Morgan fingerprint density at radius 1 is 1.47 bits per heavy atom. The van der Waals surface area contributed by atoms with Gasteiger partial charge in [0.1, 0.15) is 0 Å². The van der Waals surface area contributed by atoms with Gasteiger partial charge in [-0.25, -0.2) is 0 Å². The largest absolute Gasteiger partial charge is 0.376 e. The van der Waals surface area contributed by atoms with Crippen molar-refractivity contribution in [1.29, 1.82) is 0 Å². The van der Waals surface area contributed by atoms with Crippen molar-refractivity contribution in [3.05, 3.63) is 0 Å². The molecule has 0 radical (unpaired) electrons. The van der Waals surface area contributed by atoms with Crippen molar-refractivity contribution in [2.45, 2.75) is 39.7 Å². The first-order valence-electron chi connectivity index (χ1n) is 5.86. The third kappa shape index (κ3) is 8.39. The maximum absolute atomic E-state index is 10.5. The van der Waals surface area contributed by atoms with Crippen molar-refractivity contribution in [2.24, 2.45) is 0 Å². The van der Waals surface area contributed by atoms with Crippen LogP contribution in [0.4, 0.5) is 0 Å². The lowest BCUT2D eigenvalue weighted by molar-refractivity contribution is -0.119. The van der Waals surface area contributed by atoms with Gasteiger partial charge in [-0.1, -0.05) is 13.8 Å². The van der Waals surface area contributed by atoms with Crippen LogP contribution in [0.25, 0.3) is 0 Å². The van der Waals surface area contributed by atoms with Gasteiger partial charge >= 0.3 is 0 Å². The van der Waals surface area contributed by atoms with Crippen LogP contribution in [0.15, 0.2) is 0 Å². The highest BCUT2D eigenvalue weighted by Gasteiger charge is 2.12. The maximum Gasteiger partial charge on any atom is 0.216 e. The van der Waals surface area contributed by atoms with E-state index in [4.69, 9.17) is 4.74 Å². The summed E-state index contributed by atoms with van der Waals surface area (Å²) in [5, 5.41) is 5.98. The molecule has 1 amide bonds. The summed E-state index contributed by atoms with van der Waals surface area (Å²) in [4.78, 5) is 10.5. The molecule has 0 bridgehead atoms. The Hall–Kier alpha value is -0.610. The molecule has 4 heteroatoms. The quantitative estimate of drug-likeness (QED) is 0.696. The predicted molar refractivity (Wildman–Crippen MR) is 64.0 cm³/mol. The average Bonchev–Trinajstić information content (AvgIpc) is 2.28. The summed E-state index contributed by atoms with van der Waals surface area (Å²) < 4.78 is 5.58. The Labute approximate surface area is 94.2 Å². The molecule has 0 saturated carbocycles. The van der Waals surface area contributed by atoms with Crippen LogP contribution in [0, 0.1) is 0 Å². The second-order valence-corrected chi connectivity index (χ2v) is 3.30. The fourth-order valence-electron chi connectivity index (χ4n) is 1.41. The van der Waals surface area contributed by atoms with Crippen molar-refractivity contribution < 1.29 is 11.0 Å². The second-order valence-electron chi connectivity index (χ2n) is 3.30. The maximum atomic E-state index is 10.5. The van der Waals surface area contributed by atoms with Gasteiger partial charge in [0.2, 0.25) is 5.91 Å². The molecule has 4 nitrogen and oxygen atoms in total. The number of ether oxygens (including phenoxy) is 1. The topological polar surface area (TPSA) is 50.4 Å². The number of hydrogen-bond acceptors (Lipinski definition) is 3. The summed E-state index contributed by atoms with van der Waals surface area (Å²) in [6, 6.07) is 0. The number of carbonyl (C=O) groups excluding carboxylic acids is 1. The lowest BCUT2D eigenvalue weighted by Crippen LogP contribution is -2.34. The number of amides is 1. The van der Waals surface area contributed by atoms with E-state index in [9.17, 15) is 4.79 Å². The normalized spacial score (nSPS) is 16.5. The minimum Gasteiger partial charge on any atom is -0.376 e. The molecule has 0 aromatic heterocycles. The Kier molecular flexibility index (Phi) is 9.52. The van der Waals surface area contributed by atoms with E-state index in [0.29, 0.717) is 19.3 Å². The first-order chi connectivity index (χ1) is 7.29. The van der Waals surface area contributed by atoms with E-state index >= 15 is 0 Å². The summed E-state index contributed by atoms with van der Waals surface area (Å²) in [5.41, 5.74) is 0. The highest BCUT2D eigenvalue weighted by Crippen LogP contribution is 2.05. The molecule has 1 aliphatic rings. The molecular formula is C11H26N2O2. The van der Waals surface area contributed by atoms with Crippen LogP contribution in [0.1, 0.15) is 35.0 Å². The molecule has 15 heavy (non-hydrogen) atoms. The Bertz CT molecular complexity index is 162. The predicted octanol–water partition coefficient (Wildman–Crippen LogP) is 1.16. The molecule has 1 saturated heterocycles. The van der Waals surface area contributed by atoms with Crippen LogP contribution in [-0.4, -0.2) is 38.3 Å². The first kappa shape index (κ1) is 14.4. The molecule has 1 fully saturated rings. The molecule has 2 N–H and O–H groups in total. The fourth-order valence-corrected chi connectivity index (χ4v) is 1.41. The van der Waals surface area contributed by atoms with Crippen LogP contribution >= 0.6 is 0 Å². The monoisotopic (exact) mass is 218 g/mol. The van der Waals surface area contributed by atoms with Gasteiger partial charge in [0, 0.05) is 14.9 Å². The van der Waals surface area contributed by atoms with Gasteiger partial charge in [-0.2, -0.15) is 0 Å². The van der Waals surface area contributed by atoms with Crippen molar-refractivity contribution >= 4 is 5.91 Å². The van der Waals surface area contributed by atoms with Crippen molar-refractivity contribution in [1.82, 2.24) is 10.6 Å². The van der Waals surface area contributed by atoms with E-state index in [-0.39, 0.29) is 7.33 Å². The zero-order chi connectivity index (χ0) is 11.5. The van der Waals surface area contributed by atoms with Crippen molar-refractivity contribution in [3.63, 3.8) is 0 Å². The smallest absolute Gasteiger partial charge is 0.216 e. The van der Waals surface area contributed by atoms with Gasteiger partial charge < -0.3 is 15.4 Å². The van der Waals surface area contributed by atoms with Crippen molar-refractivity contribution in [3.8, 4) is 0 Å². The molecule has 0 aliphatic carbocycles. The van der Waals surface area contributed by atoms with Crippen LogP contribution in [0.3, 0.4) is 0 Å². The van der Waals surface area contributed by atoms with Gasteiger partial charge in [0.15, 0.2) is 0 Å². The van der Waals surface area contributed by atoms with Gasteiger partial charge in [-0.15, -0.1) is 0 Å². The number of nitrogens with one attached hydrogen (secondary N) is 2. The van der Waals surface area contributed by atoms with E-state index < -0.39 is 0 Å². The van der Waals surface area contributed by atoms with Gasteiger partial charge in [0.25, 0.3) is 0 Å². The van der Waals surface area contributed by atoms with Crippen LogP contribution < -0.4 is 10.6 Å². The molecule has 92 valence electrons. The minimum absolute atomic E-state index is 0. The molecular weight excluding hydrogens is 192 g/mol. The van der Waals surface area contributed by atoms with Gasteiger partial charge in [-0.3, -0.25) is 4.79 Å². The Balaban J connectivity index is 0. The fraction of sp³-hybridized carbons (Fsp3) is 0.909. The van der Waals surface area contributed by atoms with E-state index in [0.717, 1.165) is 25.9 Å². The lowest BCUT2D eigenvalue weighted by Gasteiger charge is -2.22. The third-order valence-electron chi connectivity index (χ3n) is 2.12. The Morgan fingerprint density at radius 3 is 2.60 bits per heavy atom. The molecule has 1 aliphatic heterocycles. The summed E-state index contributed by atoms with van der Waals surface area (Å²) in [6.45, 7) is 8.86. The third-order valence-corrected chi connectivity index (χ3v) is 2.12. The van der Waals surface area contributed by atoms with Crippen LogP contribution in [-0.2, 0) is 9.53 Å². The molecule has 1 rings (SSSR count). The van der Waals surface area contributed by atoms with Crippen LogP contribution in [0.5, 0.6) is 0 Å². The number of carbonyl (C=O) groups is 1. The van der Waals surface area contributed by atoms with Gasteiger partial charge in [0.05, 0.1) is 12.7 Å².